The quantitative estimate of drug-likeness (QED) is 0.632. The van der Waals surface area contributed by atoms with E-state index in [2.05, 4.69) is 64.0 Å². The maximum atomic E-state index is 3.67. The lowest BCUT2D eigenvalue weighted by Gasteiger charge is -2.21. The van der Waals surface area contributed by atoms with E-state index in [0.29, 0.717) is 6.04 Å². The Morgan fingerprint density at radius 1 is 1.35 bits per heavy atom. The van der Waals surface area contributed by atoms with Gasteiger partial charge in [-0.05, 0) is 62.4 Å². The lowest BCUT2D eigenvalue weighted by molar-refractivity contribution is 0.395. The van der Waals surface area contributed by atoms with Crippen LogP contribution in [0.15, 0.2) is 13.6 Å². The lowest BCUT2D eigenvalue weighted by Crippen LogP contribution is -2.22. The Morgan fingerprint density at radius 3 is 2.53 bits per heavy atom. The first-order valence-corrected chi connectivity index (χ1v) is 8.66. The smallest absolute Gasteiger partial charge is 0.0758 e. The molecule has 1 rings (SSSR count). The molecular formula is C13H21Br2NS. The van der Waals surface area contributed by atoms with Crippen LogP contribution >= 0.6 is 43.2 Å². The number of nitrogens with one attached hydrogen (secondary N) is 1. The molecule has 0 amide bonds. The van der Waals surface area contributed by atoms with Crippen LogP contribution in [-0.2, 0) is 0 Å². The van der Waals surface area contributed by atoms with Crippen molar-refractivity contribution in [3.05, 3.63) is 19.2 Å². The lowest BCUT2D eigenvalue weighted by atomic mass is 9.94. The molecule has 1 heterocycles. The van der Waals surface area contributed by atoms with Crippen LogP contribution < -0.4 is 5.32 Å². The Kier molecular flexibility index (Phi) is 7.31. The van der Waals surface area contributed by atoms with Gasteiger partial charge in [0, 0.05) is 6.04 Å². The molecule has 1 N–H and O–H groups in total. The minimum atomic E-state index is 0.471. The summed E-state index contributed by atoms with van der Waals surface area (Å²) in [6, 6.07) is 2.71. The molecule has 0 aromatic carbocycles. The van der Waals surface area contributed by atoms with Gasteiger partial charge in [-0.25, -0.2) is 0 Å². The number of hydrogen-bond donors (Lipinski definition) is 1. The van der Waals surface area contributed by atoms with Crippen molar-refractivity contribution in [2.24, 2.45) is 5.92 Å². The number of rotatable bonds is 7. The summed E-state index contributed by atoms with van der Waals surface area (Å²) >= 11 is 8.98. The molecule has 17 heavy (non-hydrogen) atoms. The second-order valence-corrected chi connectivity index (χ2v) is 8.27. The van der Waals surface area contributed by atoms with Gasteiger partial charge in [-0.3, -0.25) is 0 Å². The maximum absolute atomic E-state index is 3.67. The van der Waals surface area contributed by atoms with E-state index in [1.165, 1.54) is 32.4 Å². The molecule has 0 aliphatic rings. The van der Waals surface area contributed by atoms with Gasteiger partial charge in [0.15, 0.2) is 0 Å². The summed E-state index contributed by atoms with van der Waals surface area (Å²) in [4.78, 5) is 0. The Bertz CT molecular complexity index is 338. The van der Waals surface area contributed by atoms with Gasteiger partial charge in [0.2, 0.25) is 0 Å². The molecule has 0 bridgehead atoms. The van der Waals surface area contributed by atoms with Crippen LogP contribution in [0.4, 0.5) is 0 Å². The Morgan fingerprint density at radius 2 is 2.06 bits per heavy atom. The van der Waals surface area contributed by atoms with Crippen molar-refractivity contribution < 1.29 is 0 Å². The van der Waals surface area contributed by atoms with Gasteiger partial charge in [0.1, 0.15) is 0 Å². The Balaban J connectivity index is 2.74. The standard InChI is InChI=1S/C13H21Br2NS/c1-4-6-9(3)7-11(16-5-2)10-8-12(14)17-13(10)15/h8-9,11,16H,4-7H2,1-3H3. The van der Waals surface area contributed by atoms with Gasteiger partial charge in [-0.15, -0.1) is 11.3 Å². The van der Waals surface area contributed by atoms with E-state index >= 15 is 0 Å². The average Bonchev–Trinajstić information content (AvgIpc) is 2.57. The topological polar surface area (TPSA) is 12.0 Å². The first-order valence-electron chi connectivity index (χ1n) is 6.26. The van der Waals surface area contributed by atoms with Crippen molar-refractivity contribution in [3.63, 3.8) is 0 Å². The molecule has 0 radical (unpaired) electrons. The predicted molar refractivity (Wildman–Crippen MR) is 84.8 cm³/mol. The van der Waals surface area contributed by atoms with Crippen molar-refractivity contribution in [2.45, 2.75) is 46.1 Å². The Labute approximate surface area is 126 Å². The van der Waals surface area contributed by atoms with E-state index in [-0.39, 0.29) is 0 Å². The molecule has 1 aromatic heterocycles. The number of hydrogen-bond acceptors (Lipinski definition) is 2. The highest BCUT2D eigenvalue weighted by atomic mass is 79.9. The average molecular weight is 383 g/mol. The zero-order valence-electron chi connectivity index (χ0n) is 10.7. The first-order chi connectivity index (χ1) is 8.08. The molecule has 0 saturated carbocycles. The van der Waals surface area contributed by atoms with Crippen molar-refractivity contribution in [3.8, 4) is 0 Å². The SMILES string of the molecule is CCCC(C)CC(NCC)c1cc(Br)sc1Br. The van der Waals surface area contributed by atoms with Crippen LogP contribution in [0.25, 0.3) is 0 Å². The van der Waals surface area contributed by atoms with E-state index in [1.807, 2.05) is 0 Å². The summed E-state index contributed by atoms with van der Waals surface area (Å²) in [5.74, 6) is 0.773. The van der Waals surface area contributed by atoms with E-state index in [0.717, 1.165) is 12.5 Å². The minimum absolute atomic E-state index is 0.471. The molecular weight excluding hydrogens is 362 g/mol. The van der Waals surface area contributed by atoms with Gasteiger partial charge in [0.05, 0.1) is 7.57 Å². The highest BCUT2D eigenvalue weighted by Crippen LogP contribution is 2.37. The van der Waals surface area contributed by atoms with Crippen molar-refractivity contribution in [1.29, 1.82) is 0 Å². The molecule has 2 unspecified atom stereocenters. The van der Waals surface area contributed by atoms with Gasteiger partial charge in [-0.1, -0.05) is 33.6 Å². The number of halogens is 2. The highest BCUT2D eigenvalue weighted by Gasteiger charge is 2.18. The molecule has 4 heteroatoms. The zero-order chi connectivity index (χ0) is 12.8. The second kappa shape index (κ2) is 7.93. The minimum Gasteiger partial charge on any atom is -0.310 e. The molecule has 0 spiro atoms. The fourth-order valence-corrected chi connectivity index (χ4v) is 5.14. The third-order valence-corrected chi connectivity index (χ3v) is 5.31. The van der Waals surface area contributed by atoms with Crippen LogP contribution in [0, 0.1) is 5.92 Å². The van der Waals surface area contributed by atoms with Crippen LogP contribution in [0.1, 0.15) is 51.6 Å². The molecule has 0 fully saturated rings. The largest absolute Gasteiger partial charge is 0.310 e. The monoisotopic (exact) mass is 381 g/mol. The zero-order valence-corrected chi connectivity index (χ0v) is 14.7. The maximum Gasteiger partial charge on any atom is 0.0758 e. The van der Waals surface area contributed by atoms with Crippen LogP contribution in [0.5, 0.6) is 0 Å². The summed E-state index contributed by atoms with van der Waals surface area (Å²) in [5.41, 5.74) is 1.40. The van der Waals surface area contributed by atoms with Gasteiger partial charge < -0.3 is 5.32 Å². The van der Waals surface area contributed by atoms with Crippen LogP contribution in [-0.4, -0.2) is 6.54 Å². The van der Waals surface area contributed by atoms with E-state index in [4.69, 9.17) is 0 Å². The molecule has 98 valence electrons. The van der Waals surface area contributed by atoms with Crippen molar-refractivity contribution >= 4 is 43.2 Å². The molecule has 1 aromatic rings. The summed E-state index contributed by atoms with van der Waals surface area (Å²) in [7, 11) is 0. The molecule has 0 aliphatic carbocycles. The van der Waals surface area contributed by atoms with Gasteiger partial charge >= 0.3 is 0 Å². The summed E-state index contributed by atoms with van der Waals surface area (Å²) in [6.45, 7) is 7.80. The summed E-state index contributed by atoms with van der Waals surface area (Å²) in [6.07, 6.45) is 3.79. The van der Waals surface area contributed by atoms with Crippen molar-refractivity contribution in [2.75, 3.05) is 6.54 Å². The highest BCUT2D eigenvalue weighted by molar-refractivity contribution is 9.12. The van der Waals surface area contributed by atoms with E-state index in [1.54, 1.807) is 11.3 Å². The predicted octanol–water partition coefficient (Wildman–Crippen LogP) is 5.75. The van der Waals surface area contributed by atoms with Gasteiger partial charge in [-0.2, -0.15) is 0 Å². The fourth-order valence-electron chi connectivity index (χ4n) is 2.17. The second-order valence-electron chi connectivity index (χ2n) is 4.52. The molecule has 0 saturated heterocycles. The molecule has 1 nitrogen and oxygen atoms in total. The first kappa shape index (κ1) is 15.7. The third kappa shape index (κ3) is 5.01. The van der Waals surface area contributed by atoms with Crippen molar-refractivity contribution in [1.82, 2.24) is 5.32 Å². The molecule has 2 atom stereocenters. The van der Waals surface area contributed by atoms with E-state index in [9.17, 15) is 0 Å². The third-order valence-electron chi connectivity index (χ3n) is 2.93. The van der Waals surface area contributed by atoms with Crippen LogP contribution in [0.2, 0.25) is 0 Å². The summed E-state index contributed by atoms with van der Waals surface area (Å²) in [5, 5.41) is 3.60. The normalized spacial score (nSPS) is 14.9. The Hall–Kier alpha value is 0.620. The number of thiophene rings is 1. The summed E-state index contributed by atoms with van der Waals surface area (Å²) < 4.78 is 2.45. The molecule has 0 aliphatic heterocycles. The fraction of sp³-hybridized carbons (Fsp3) is 0.692. The van der Waals surface area contributed by atoms with Crippen LogP contribution in [0.3, 0.4) is 0 Å². The van der Waals surface area contributed by atoms with Gasteiger partial charge in [0.25, 0.3) is 0 Å². The van der Waals surface area contributed by atoms with E-state index < -0.39 is 0 Å².